The minimum atomic E-state index is -0.182. The highest BCUT2D eigenvalue weighted by molar-refractivity contribution is 5.97. The Kier molecular flexibility index (Phi) is 5.00. The highest BCUT2D eigenvalue weighted by Gasteiger charge is 2.12. The largest absolute Gasteiger partial charge is 0.395 e. The Bertz CT molecular complexity index is 902. The molecule has 0 unspecified atom stereocenters. The summed E-state index contributed by atoms with van der Waals surface area (Å²) in [6, 6.07) is 13.6. The number of fused-ring (bicyclic) bond motifs is 1. The van der Waals surface area contributed by atoms with Crippen molar-refractivity contribution in [3.63, 3.8) is 0 Å². The van der Waals surface area contributed by atoms with Gasteiger partial charge in [0.05, 0.1) is 24.2 Å². The van der Waals surface area contributed by atoms with Crippen molar-refractivity contribution < 1.29 is 9.90 Å². The van der Waals surface area contributed by atoms with Crippen molar-refractivity contribution in [3.05, 3.63) is 59.4 Å². The van der Waals surface area contributed by atoms with E-state index in [4.69, 9.17) is 5.11 Å². The van der Waals surface area contributed by atoms with Crippen LogP contribution in [-0.2, 0) is 13.6 Å². The molecule has 1 aromatic heterocycles. The second-order valence-corrected chi connectivity index (χ2v) is 5.89. The Labute approximate surface area is 146 Å². The fourth-order valence-electron chi connectivity index (χ4n) is 2.87. The summed E-state index contributed by atoms with van der Waals surface area (Å²) in [5, 5.41) is 14.9. The molecule has 6 nitrogen and oxygen atoms in total. The number of benzene rings is 2. The normalized spacial score (nSPS) is 10.8. The number of aliphatic hydroxyl groups is 1. The highest BCUT2D eigenvalue weighted by atomic mass is 16.3. The Morgan fingerprint density at radius 1 is 1.20 bits per heavy atom. The summed E-state index contributed by atoms with van der Waals surface area (Å²) in [7, 11) is 2.00. The fraction of sp³-hybridized carbons (Fsp3) is 0.263. The topological polar surface area (TPSA) is 79.2 Å². The van der Waals surface area contributed by atoms with Gasteiger partial charge in [-0.2, -0.15) is 0 Å². The summed E-state index contributed by atoms with van der Waals surface area (Å²) in [5.41, 5.74) is 4.42. The van der Waals surface area contributed by atoms with E-state index in [1.807, 2.05) is 50.4 Å². The summed E-state index contributed by atoms with van der Waals surface area (Å²) in [6.07, 6.45) is 0. The molecule has 0 aliphatic carbocycles. The monoisotopic (exact) mass is 338 g/mol. The van der Waals surface area contributed by atoms with Gasteiger partial charge in [0.1, 0.15) is 5.82 Å². The van der Waals surface area contributed by atoms with Gasteiger partial charge >= 0.3 is 0 Å². The molecule has 0 bridgehead atoms. The van der Waals surface area contributed by atoms with Crippen LogP contribution >= 0.6 is 0 Å². The number of aliphatic hydroxyl groups excluding tert-OH is 1. The first kappa shape index (κ1) is 17.0. The molecule has 3 aromatic rings. The molecule has 1 heterocycles. The molecule has 0 saturated heterocycles. The van der Waals surface area contributed by atoms with Gasteiger partial charge in [0.25, 0.3) is 5.91 Å². The van der Waals surface area contributed by atoms with E-state index in [1.54, 1.807) is 6.07 Å². The molecule has 1 amide bonds. The van der Waals surface area contributed by atoms with Crippen LogP contribution in [0.1, 0.15) is 21.7 Å². The number of hydrogen-bond acceptors (Lipinski definition) is 4. The van der Waals surface area contributed by atoms with Crippen LogP contribution in [-0.4, -0.2) is 33.7 Å². The van der Waals surface area contributed by atoms with E-state index in [0.29, 0.717) is 12.1 Å². The summed E-state index contributed by atoms with van der Waals surface area (Å²) in [6.45, 7) is 2.64. The third-order valence-corrected chi connectivity index (χ3v) is 4.29. The molecule has 130 valence electrons. The van der Waals surface area contributed by atoms with Crippen molar-refractivity contribution in [2.45, 2.75) is 13.5 Å². The first-order chi connectivity index (χ1) is 12.1. The van der Waals surface area contributed by atoms with E-state index in [1.165, 1.54) is 0 Å². The number of aryl methyl sites for hydroxylation is 1. The minimum absolute atomic E-state index is 0.0740. The molecule has 0 fully saturated rings. The molecule has 3 N–H and O–H groups in total. The van der Waals surface area contributed by atoms with Crippen LogP contribution in [0.2, 0.25) is 0 Å². The highest BCUT2D eigenvalue weighted by Crippen LogP contribution is 2.21. The molecule has 0 aliphatic rings. The van der Waals surface area contributed by atoms with Gasteiger partial charge in [-0.05, 0) is 36.8 Å². The molecule has 0 saturated carbocycles. The van der Waals surface area contributed by atoms with Crippen LogP contribution in [0.15, 0.2) is 42.5 Å². The van der Waals surface area contributed by atoms with Crippen LogP contribution in [0.25, 0.3) is 11.0 Å². The molecular formula is C19H22N4O2. The number of rotatable bonds is 6. The zero-order valence-corrected chi connectivity index (χ0v) is 14.4. The number of amides is 1. The van der Waals surface area contributed by atoms with Gasteiger partial charge in [0, 0.05) is 24.8 Å². The summed E-state index contributed by atoms with van der Waals surface area (Å²) >= 11 is 0. The number of anilines is 1. The number of nitrogens with one attached hydrogen (secondary N) is 2. The van der Waals surface area contributed by atoms with Gasteiger partial charge in [0.15, 0.2) is 0 Å². The SMILES string of the molecule is Cc1c(NCc2nc3ccccc3n2C)cccc1C(=O)NCCO. The molecule has 0 spiro atoms. The van der Waals surface area contributed by atoms with Crippen molar-refractivity contribution in [2.75, 3.05) is 18.5 Å². The number of hydrogen-bond donors (Lipinski definition) is 3. The van der Waals surface area contributed by atoms with Gasteiger partial charge in [-0.15, -0.1) is 0 Å². The van der Waals surface area contributed by atoms with E-state index >= 15 is 0 Å². The van der Waals surface area contributed by atoms with Gasteiger partial charge in [-0.1, -0.05) is 18.2 Å². The number of nitrogens with zero attached hydrogens (tertiary/aromatic N) is 2. The molecule has 0 radical (unpaired) electrons. The standard InChI is InChI=1S/C19H22N4O2/c1-13-14(19(25)20-10-11-24)6-5-8-15(13)21-12-18-22-16-7-3-4-9-17(16)23(18)2/h3-9,21,24H,10-12H2,1-2H3,(H,20,25). The third kappa shape index (κ3) is 3.49. The first-order valence-electron chi connectivity index (χ1n) is 8.24. The van der Waals surface area contributed by atoms with E-state index in [9.17, 15) is 4.79 Å². The molecular weight excluding hydrogens is 316 g/mol. The first-order valence-corrected chi connectivity index (χ1v) is 8.24. The van der Waals surface area contributed by atoms with E-state index in [2.05, 4.69) is 20.2 Å². The predicted octanol–water partition coefficient (Wildman–Crippen LogP) is 2.22. The Morgan fingerprint density at radius 3 is 2.76 bits per heavy atom. The Balaban J connectivity index is 1.78. The van der Waals surface area contributed by atoms with E-state index in [0.717, 1.165) is 28.1 Å². The summed E-state index contributed by atoms with van der Waals surface area (Å²) in [4.78, 5) is 16.8. The van der Waals surface area contributed by atoms with Crippen molar-refractivity contribution in [1.82, 2.24) is 14.9 Å². The zero-order valence-electron chi connectivity index (χ0n) is 14.4. The van der Waals surface area contributed by atoms with Crippen LogP contribution in [0.5, 0.6) is 0 Å². The quantitative estimate of drug-likeness (QED) is 0.644. The zero-order chi connectivity index (χ0) is 17.8. The maximum Gasteiger partial charge on any atom is 0.251 e. The number of aromatic nitrogens is 2. The maximum atomic E-state index is 12.2. The molecule has 25 heavy (non-hydrogen) atoms. The number of carbonyl (C=O) groups is 1. The Morgan fingerprint density at radius 2 is 2.00 bits per heavy atom. The van der Waals surface area contributed by atoms with Crippen molar-refractivity contribution >= 4 is 22.6 Å². The van der Waals surface area contributed by atoms with Crippen molar-refractivity contribution in [2.24, 2.45) is 7.05 Å². The average Bonchev–Trinajstić information content (AvgIpc) is 2.95. The van der Waals surface area contributed by atoms with Crippen molar-refractivity contribution in [3.8, 4) is 0 Å². The summed E-state index contributed by atoms with van der Waals surface area (Å²) in [5.74, 6) is 0.744. The van der Waals surface area contributed by atoms with Gasteiger partial charge in [-0.3, -0.25) is 4.79 Å². The fourth-order valence-corrected chi connectivity index (χ4v) is 2.87. The lowest BCUT2D eigenvalue weighted by atomic mass is 10.1. The molecule has 3 rings (SSSR count). The lowest BCUT2D eigenvalue weighted by Gasteiger charge is -2.13. The number of para-hydroxylation sites is 2. The van der Waals surface area contributed by atoms with Crippen LogP contribution in [0.4, 0.5) is 5.69 Å². The lowest BCUT2D eigenvalue weighted by Crippen LogP contribution is -2.27. The van der Waals surface area contributed by atoms with Gasteiger partial charge < -0.3 is 20.3 Å². The number of carbonyl (C=O) groups excluding carboxylic acids is 1. The van der Waals surface area contributed by atoms with Crippen molar-refractivity contribution in [1.29, 1.82) is 0 Å². The molecule has 2 aromatic carbocycles. The van der Waals surface area contributed by atoms with Crippen LogP contribution < -0.4 is 10.6 Å². The van der Waals surface area contributed by atoms with Crippen LogP contribution in [0.3, 0.4) is 0 Å². The molecule has 6 heteroatoms. The molecule has 0 aliphatic heterocycles. The van der Waals surface area contributed by atoms with E-state index in [-0.39, 0.29) is 19.1 Å². The summed E-state index contributed by atoms with van der Waals surface area (Å²) < 4.78 is 2.06. The van der Waals surface area contributed by atoms with E-state index < -0.39 is 0 Å². The predicted molar refractivity (Wildman–Crippen MR) is 98.6 cm³/mol. The van der Waals surface area contributed by atoms with Crippen LogP contribution in [0, 0.1) is 6.92 Å². The second kappa shape index (κ2) is 7.36. The molecule has 0 atom stereocenters. The minimum Gasteiger partial charge on any atom is -0.395 e. The maximum absolute atomic E-state index is 12.2. The number of imidazole rings is 1. The van der Waals surface area contributed by atoms with Gasteiger partial charge in [0.2, 0.25) is 0 Å². The van der Waals surface area contributed by atoms with Gasteiger partial charge in [-0.25, -0.2) is 4.98 Å². The smallest absolute Gasteiger partial charge is 0.251 e. The third-order valence-electron chi connectivity index (χ3n) is 4.29. The average molecular weight is 338 g/mol. The Hall–Kier alpha value is -2.86. The lowest BCUT2D eigenvalue weighted by molar-refractivity contribution is 0.0944. The second-order valence-electron chi connectivity index (χ2n) is 5.89.